The molecule has 2 nitrogen and oxygen atoms in total. The second-order valence-corrected chi connectivity index (χ2v) is 6.29. The normalized spacial score (nSPS) is 12.8. The van der Waals surface area contributed by atoms with Gasteiger partial charge in [-0.3, -0.25) is 0 Å². The van der Waals surface area contributed by atoms with Crippen molar-refractivity contribution in [2.24, 2.45) is 11.7 Å². The highest BCUT2D eigenvalue weighted by molar-refractivity contribution is 9.10. The number of hydrogen-bond donors (Lipinski definition) is 1. The highest BCUT2D eigenvalue weighted by atomic mass is 79.9. The number of nitrogens with zero attached hydrogens (tertiary/aromatic N) is 1. The van der Waals surface area contributed by atoms with Gasteiger partial charge < -0.3 is 10.6 Å². The summed E-state index contributed by atoms with van der Waals surface area (Å²) in [6, 6.07) is 6.83. The first-order valence-corrected chi connectivity index (χ1v) is 7.48. The summed E-state index contributed by atoms with van der Waals surface area (Å²) in [6.07, 6.45) is 1.97. The highest BCUT2D eigenvalue weighted by Gasteiger charge is 2.09. The maximum atomic E-state index is 5.99. The van der Waals surface area contributed by atoms with E-state index in [1.807, 2.05) is 0 Å². The van der Waals surface area contributed by atoms with E-state index in [1.165, 1.54) is 11.3 Å². The van der Waals surface area contributed by atoms with Crippen LogP contribution >= 0.6 is 15.9 Å². The van der Waals surface area contributed by atoms with Gasteiger partial charge in [-0.1, -0.05) is 26.8 Å². The smallest absolute Gasteiger partial charge is 0.0508 e. The minimum absolute atomic E-state index is 0.260. The Morgan fingerprint density at radius 1 is 1.33 bits per heavy atom. The largest absolute Gasteiger partial charge is 0.373 e. The first-order chi connectivity index (χ1) is 8.43. The maximum absolute atomic E-state index is 5.99. The first-order valence-electron chi connectivity index (χ1n) is 6.69. The second kappa shape index (κ2) is 7.15. The lowest BCUT2D eigenvalue weighted by molar-refractivity contribution is 0.636. The van der Waals surface area contributed by atoms with Crippen molar-refractivity contribution < 1.29 is 0 Å². The molecule has 3 heteroatoms. The molecule has 0 aliphatic carbocycles. The zero-order valence-corrected chi connectivity index (χ0v) is 13.5. The summed E-state index contributed by atoms with van der Waals surface area (Å²) in [7, 11) is 2.14. The van der Waals surface area contributed by atoms with E-state index in [1.54, 1.807) is 0 Å². The van der Waals surface area contributed by atoms with E-state index in [-0.39, 0.29) is 6.04 Å². The number of rotatable bonds is 6. The zero-order chi connectivity index (χ0) is 13.7. The molecule has 102 valence electrons. The lowest BCUT2D eigenvalue weighted by Crippen LogP contribution is -2.23. The number of anilines is 1. The van der Waals surface area contributed by atoms with Crippen molar-refractivity contribution in [3.8, 4) is 0 Å². The molecule has 0 amide bonds. The van der Waals surface area contributed by atoms with E-state index in [2.05, 4.69) is 66.8 Å². The van der Waals surface area contributed by atoms with E-state index in [0.29, 0.717) is 5.92 Å². The zero-order valence-electron chi connectivity index (χ0n) is 11.9. The lowest BCUT2D eigenvalue weighted by Gasteiger charge is -2.23. The van der Waals surface area contributed by atoms with Crippen LogP contribution in [0.4, 0.5) is 5.69 Å². The Bertz CT molecular complexity index is 377. The van der Waals surface area contributed by atoms with Gasteiger partial charge in [0.05, 0.1) is 5.69 Å². The Hall–Kier alpha value is -0.540. The molecule has 18 heavy (non-hydrogen) atoms. The topological polar surface area (TPSA) is 29.3 Å². The monoisotopic (exact) mass is 312 g/mol. The molecule has 2 N–H and O–H groups in total. The SMILES string of the molecule is CCC(N)Cc1ccc(N(C)CC(C)C)c(Br)c1. The van der Waals surface area contributed by atoms with Crippen LogP contribution in [0.2, 0.25) is 0 Å². The summed E-state index contributed by atoms with van der Waals surface area (Å²) < 4.78 is 1.16. The van der Waals surface area contributed by atoms with Crippen molar-refractivity contribution in [1.82, 2.24) is 0 Å². The number of halogens is 1. The molecule has 0 radical (unpaired) electrons. The van der Waals surface area contributed by atoms with E-state index in [0.717, 1.165) is 23.9 Å². The minimum Gasteiger partial charge on any atom is -0.373 e. The molecule has 0 heterocycles. The molecule has 1 rings (SSSR count). The molecule has 0 aromatic heterocycles. The molecule has 0 aliphatic heterocycles. The minimum atomic E-state index is 0.260. The molecule has 1 unspecified atom stereocenters. The van der Waals surface area contributed by atoms with Gasteiger partial charge in [-0.25, -0.2) is 0 Å². The van der Waals surface area contributed by atoms with E-state index in [4.69, 9.17) is 5.73 Å². The molecule has 0 aliphatic rings. The average molecular weight is 313 g/mol. The molecule has 0 bridgehead atoms. The third-order valence-electron chi connectivity index (χ3n) is 3.08. The van der Waals surface area contributed by atoms with Gasteiger partial charge in [0.2, 0.25) is 0 Å². The first kappa shape index (κ1) is 15.5. The summed E-state index contributed by atoms with van der Waals surface area (Å²) in [5.41, 5.74) is 8.54. The fraction of sp³-hybridized carbons (Fsp3) is 0.600. The Morgan fingerprint density at radius 3 is 2.50 bits per heavy atom. The molecular weight excluding hydrogens is 288 g/mol. The van der Waals surface area contributed by atoms with Crippen molar-refractivity contribution in [2.45, 2.75) is 39.7 Å². The second-order valence-electron chi connectivity index (χ2n) is 5.43. The lowest BCUT2D eigenvalue weighted by atomic mass is 10.0. The molecule has 1 aromatic rings. The van der Waals surface area contributed by atoms with Crippen molar-refractivity contribution in [3.63, 3.8) is 0 Å². The molecule has 0 saturated heterocycles. The van der Waals surface area contributed by atoms with Crippen LogP contribution < -0.4 is 10.6 Å². The summed E-state index contributed by atoms with van der Waals surface area (Å²) in [6.45, 7) is 7.66. The molecule has 0 fully saturated rings. The Labute approximate surface area is 120 Å². The summed E-state index contributed by atoms with van der Waals surface area (Å²) in [4.78, 5) is 2.29. The Balaban J connectivity index is 2.79. The van der Waals surface area contributed by atoms with Gasteiger partial charge in [0.25, 0.3) is 0 Å². The van der Waals surface area contributed by atoms with Crippen LogP contribution in [-0.2, 0) is 6.42 Å². The number of benzene rings is 1. The van der Waals surface area contributed by atoms with Gasteiger partial charge in [0, 0.05) is 24.1 Å². The van der Waals surface area contributed by atoms with Crippen LogP contribution in [0, 0.1) is 5.92 Å². The fourth-order valence-electron chi connectivity index (χ4n) is 2.08. The van der Waals surface area contributed by atoms with E-state index >= 15 is 0 Å². The summed E-state index contributed by atoms with van der Waals surface area (Å²) in [5, 5.41) is 0. The summed E-state index contributed by atoms with van der Waals surface area (Å²) in [5.74, 6) is 0.662. The van der Waals surface area contributed by atoms with Gasteiger partial charge in [0.15, 0.2) is 0 Å². The predicted octanol–water partition coefficient (Wildman–Crippen LogP) is 3.82. The summed E-state index contributed by atoms with van der Waals surface area (Å²) >= 11 is 3.67. The Kier molecular flexibility index (Phi) is 6.16. The standard InChI is InChI=1S/C15H25BrN2/c1-5-13(17)8-12-6-7-15(14(16)9-12)18(4)10-11(2)3/h6-7,9,11,13H,5,8,10,17H2,1-4H3. The molecular formula is C15H25BrN2. The van der Waals surface area contributed by atoms with Crippen LogP contribution in [0.25, 0.3) is 0 Å². The average Bonchev–Trinajstić information content (AvgIpc) is 2.27. The molecule has 1 aromatic carbocycles. The van der Waals surface area contributed by atoms with Crippen LogP contribution in [0.15, 0.2) is 22.7 Å². The third kappa shape index (κ3) is 4.62. The number of hydrogen-bond acceptors (Lipinski definition) is 2. The van der Waals surface area contributed by atoms with Crippen molar-refractivity contribution in [2.75, 3.05) is 18.5 Å². The van der Waals surface area contributed by atoms with Crippen LogP contribution in [0.1, 0.15) is 32.8 Å². The van der Waals surface area contributed by atoms with Gasteiger partial charge in [0.1, 0.15) is 0 Å². The third-order valence-corrected chi connectivity index (χ3v) is 3.72. The number of nitrogens with two attached hydrogens (primary N) is 1. The van der Waals surface area contributed by atoms with Crippen LogP contribution in [-0.4, -0.2) is 19.6 Å². The van der Waals surface area contributed by atoms with E-state index in [9.17, 15) is 0 Å². The Morgan fingerprint density at radius 2 is 2.00 bits per heavy atom. The fourth-order valence-corrected chi connectivity index (χ4v) is 2.81. The quantitative estimate of drug-likeness (QED) is 0.865. The predicted molar refractivity (Wildman–Crippen MR) is 84.2 cm³/mol. The van der Waals surface area contributed by atoms with Crippen molar-refractivity contribution in [1.29, 1.82) is 0 Å². The van der Waals surface area contributed by atoms with Gasteiger partial charge in [-0.15, -0.1) is 0 Å². The molecule has 1 atom stereocenters. The van der Waals surface area contributed by atoms with Gasteiger partial charge in [-0.05, 0) is 52.4 Å². The van der Waals surface area contributed by atoms with Gasteiger partial charge >= 0.3 is 0 Å². The molecule has 0 saturated carbocycles. The van der Waals surface area contributed by atoms with Crippen LogP contribution in [0.3, 0.4) is 0 Å². The van der Waals surface area contributed by atoms with Crippen LogP contribution in [0.5, 0.6) is 0 Å². The molecule has 0 spiro atoms. The van der Waals surface area contributed by atoms with Gasteiger partial charge in [-0.2, -0.15) is 0 Å². The van der Waals surface area contributed by atoms with E-state index < -0.39 is 0 Å². The highest BCUT2D eigenvalue weighted by Crippen LogP contribution is 2.27. The van der Waals surface area contributed by atoms with Crippen molar-refractivity contribution in [3.05, 3.63) is 28.2 Å². The maximum Gasteiger partial charge on any atom is 0.0508 e. The van der Waals surface area contributed by atoms with Crippen molar-refractivity contribution >= 4 is 21.6 Å².